The number of nitrogens with one attached hydrogen (secondary N) is 1. The summed E-state index contributed by atoms with van der Waals surface area (Å²) < 4.78 is 0. The van der Waals surface area contributed by atoms with Crippen molar-refractivity contribution >= 4 is 12.0 Å². The lowest BCUT2D eigenvalue weighted by molar-refractivity contribution is 0.112. The SMILES string of the molecule is CC(C)CNc1ccc(O)c(C=O)c1. The second-order valence-corrected chi connectivity index (χ2v) is 3.67. The molecule has 3 heteroatoms. The zero-order valence-corrected chi connectivity index (χ0v) is 8.45. The van der Waals surface area contributed by atoms with Crippen LogP contribution in [-0.4, -0.2) is 17.9 Å². The van der Waals surface area contributed by atoms with Gasteiger partial charge in [0, 0.05) is 12.2 Å². The van der Waals surface area contributed by atoms with Crippen molar-refractivity contribution in [1.82, 2.24) is 0 Å². The van der Waals surface area contributed by atoms with E-state index in [1.165, 1.54) is 6.07 Å². The standard InChI is InChI=1S/C11H15NO2/c1-8(2)6-12-10-3-4-11(14)9(5-10)7-13/h3-5,7-8,12,14H,6H2,1-2H3. The molecule has 0 aliphatic heterocycles. The van der Waals surface area contributed by atoms with Crippen molar-refractivity contribution in [1.29, 1.82) is 0 Å². The lowest BCUT2D eigenvalue weighted by Gasteiger charge is -2.09. The van der Waals surface area contributed by atoms with E-state index < -0.39 is 0 Å². The molecule has 0 radical (unpaired) electrons. The van der Waals surface area contributed by atoms with Crippen LogP contribution in [-0.2, 0) is 0 Å². The van der Waals surface area contributed by atoms with Crippen molar-refractivity contribution in [3.05, 3.63) is 23.8 Å². The largest absolute Gasteiger partial charge is 0.507 e. The van der Waals surface area contributed by atoms with Crippen LogP contribution in [0.4, 0.5) is 5.69 Å². The summed E-state index contributed by atoms with van der Waals surface area (Å²) >= 11 is 0. The van der Waals surface area contributed by atoms with Crippen LogP contribution in [0.25, 0.3) is 0 Å². The van der Waals surface area contributed by atoms with Crippen LogP contribution in [0.5, 0.6) is 5.75 Å². The van der Waals surface area contributed by atoms with Gasteiger partial charge in [0.2, 0.25) is 0 Å². The van der Waals surface area contributed by atoms with E-state index in [1.807, 2.05) is 0 Å². The molecule has 1 aromatic rings. The molecule has 0 heterocycles. The number of carbonyl (C=O) groups is 1. The van der Waals surface area contributed by atoms with Gasteiger partial charge in [0.1, 0.15) is 5.75 Å². The molecule has 3 nitrogen and oxygen atoms in total. The molecule has 0 bridgehead atoms. The van der Waals surface area contributed by atoms with E-state index in [4.69, 9.17) is 0 Å². The van der Waals surface area contributed by atoms with Crippen LogP contribution in [0.2, 0.25) is 0 Å². The minimum atomic E-state index is 0.0232. The molecule has 0 unspecified atom stereocenters. The van der Waals surface area contributed by atoms with Crippen LogP contribution in [0, 0.1) is 5.92 Å². The molecule has 0 spiro atoms. The number of rotatable bonds is 4. The maximum absolute atomic E-state index is 10.5. The van der Waals surface area contributed by atoms with Crippen molar-refractivity contribution in [3.8, 4) is 5.75 Å². The van der Waals surface area contributed by atoms with Gasteiger partial charge in [0.15, 0.2) is 6.29 Å². The monoisotopic (exact) mass is 193 g/mol. The Morgan fingerprint density at radius 2 is 2.21 bits per heavy atom. The van der Waals surface area contributed by atoms with Crippen molar-refractivity contribution < 1.29 is 9.90 Å². The normalized spacial score (nSPS) is 10.2. The number of aromatic hydroxyl groups is 1. The van der Waals surface area contributed by atoms with Crippen LogP contribution in [0.3, 0.4) is 0 Å². The fraction of sp³-hybridized carbons (Fsp3) is 0.364. The average molecular weight is 193 g/mol. The maximum Gasteiger partial charge on any atom is 0.153 e. The highest BCUT2D eigenvalue weighted by Crippen LogP contribution is 2.19. The number of phenolic OH excluding ortho intramolecular Hbond substituents is 1. The first kappa shape index (κ1) is 10.6. The third-order valence-corrected chi connectivity index (χ3v) is 1.87. The van der Waals surface area contributed by atoms with Crippen LogP contribution in [0.15, 0.2) is 18.2 Å². The summed E-state index contributed by atoms with van der Waals surface area (Å²) in [7, 11) is 0. The molecule has 0 aliphatic rings. The Balaban J connectivity index is 2.74. The zero-order chi connectivity index (χ0) is 10.6. The van der Waals surface area contributed by atoms with Gasteiger partial charge < -0.3 is 10.4 Å². The van der Waals surface area contributed by atoms with Gasteiger partial charge in [-0.05, 0) is 24.1 Å². The number of hydrogen-bond donors (Lipinski definition) is 2. The Labute approximate surface area is 83.8 Å². The van der Waals surface area contributed by atoms with Gasteiger partial charge in [-0.1, -0.05) is 13.8 Å². The molecule has 1 aromatic carbocycles. The summed E-state index contributed by atoms with van der Waals surface area (Å²) in [5.74, 6) is 0.568. The molecular formula is C11H15NO2. The molecule has 1 rings (SSSR count). The number of hydrogen-bond acceptors (Lipinski definition) is 3. The predicted molar refractivity (Wildman–Crippen MR) is 56.8 cm³/mol. The van der Waals surface area contributed by atoms with Crippen molar-refractivity contribution in [2.24, 2.45) is 5.92 Å². The van der Waals surface area contributed by atoms with Crippen molar-refractivity contribution in [2.75, 3.05) is 11.9 Å². The fourth-order valence-electron chi connectivity index (χ4n) is 1.08. The van der Waals surface area contributed by atoms with Gasteiger partial charge >= 0.3 is 0 Å². The van der Waals surface area contributed by atoms with E-state index in [-0.39, 0.29) is 5.75 Å². The molecule has 76 valence electrons. The van der Waals surface area contributed by atoms with Crippen LogP contribution >= 0.6 is 0 Å². The molecule has 0 saturated heterocycles. The molecule has 0 aliphatic carbocycles. The lowest BCUT2D eigenvalue weighted by atomic mass is 10.1. The second kappa shape index (κ2) is 4.65. The van der Waals surface area contributed by atoms with Gasteiger partial charge in [-0.3, -0.25) is 4.79 Å². The molecule has 0 atom stereocenters. The maximum atomic E-state index is 10.5. The van der Waals surface area contributed by atoms with E-state index in [1.54, 1.807) is 12.1 Å². The summed E-state index contributed by atoms with van der Waals surface area (Å²) in [5, 5.41) is 12.4. The number of carbonyl (C=O) groups excluding carboxylic acids is 1. The van der Waals surface area contributed by atoms with Gasteiger partial charge in [0.05, 0.1) is 5.56 Å². The Kier molecular flexibility index (Phi) is 3.51. The Bertz CT molecular complexity index is 321. The van der Waals surface area contributed by atoms with Gasteiger partial charge in [-0.25, -0.2) is 0 Å². The van der Waals surface area contributed by atoms with E-state index in [0.717, 1.165) is 12.2 Å². The highest BCUT2D eigenvalue weighted by Gasteiger charge is 2.01. The smallest absolute Gasteiger partial charge is 0.153 e. The molecular weight excluding hydrogens is 178 g/mol. The summed E-state index contributed by atoms with van der Waals surface area (Å²) in [4.78, 5) is 10.5. The lowest BCUT2D eigenvalue weighted by Crippen LogP contribution is -2.07. The molecule has 0 saturated carbocycles. The zero-order valence-electron chi connectivity index (χ0n) is 8.45. The number of phenols is 1. The van der Waals surface area contributed by atoms with E-state index in [9.17, 15) is 9.90 Å². The van der Waals surface area contributed by atoms with Gasteiger partial charge in [-0.2, -0.15) is 0 Å². The Morgan fingerprint density at radius 1 is 1.50 bits per heavy atom. The molecule has 2 N–H and O–H groups in total. The van der Waals surface area contributed by atoms with Gasteiger partial charge in [-0.15, -0.1) is 0 Å². The van der Waals surface area contributed by atoms with E-state index >= 15 is 0 Å². The highest BCUT2D eigenvalue weighted by atomic mass is 16.3. The van der Waals surface area contributed by atoms with E-state index in [0.29, 0.717) is 17.8 Å². The second-order valence-electron chi connectivity index (χ2n) is 3.67. The molecule has 0 aromatic heterocycles. The third kappa shape index (κ3) is 2.76. The summed E-state index contributed by atoms with van der Waals surface area (Å²) in [6.45, 7) is 5.06. The summed E-state index contributed by atoms with van der Waals surface area (Å²) in [5.41, 5.74) is 1.18. The summed E-state index contributed by atoms with van der Waals surface area (Å²) in [6.07, 6.45) is 0.649. The summed E-state index contributed by atoms with van der Waals surface area (Å²) in [6, 6.07) is 4.92. The Morgan fingerprint density at radius 3 is 2.79 bits per heavy atom. The molecule has 0 fully saturated rings. The number of benzene rings is 1. The van der Waals surface area contributed by atoms with Crippen molar-refractivity contribution in [2.45, 2.75) is 13.8 Å². The van der Waals surface area contributed by atoms with E-state index in [2.05, 4.69) is 19.2 Å². The molecule has 14 heavy (non-hydrogen) atoms. The molecule has 0 amide bonds. The highest BCUT2D eigenvalue weighted by molar-refractivity contribution is 5.81. The number of aldehydes is 1. The van der Waals surface area contributed by atoms with Gasteiger partial charge in [0.25, 0.3) is 0 Å². The minimum absolute atomic E-state index is 0.0232. The first-order chi connectivity index (χ1) is 6.63. The Hall–Kier alpha value is -1.51. The average Bonchev–Trinajstić information content (AvgIpc) is 2.16. The first-order valence-corrected chi connectivity index (χ1v) is 4.65. The third-order valence-electron chi connectivity index (χ3n) is 1.87. The minimum Gasteiger partial charge on any atom is -0.507 e. The fourth-order valence-corrected chi connectivity index (χ4v) is 1.08. The van der Waals surface area contributed by atoms with Crippen LogP contribution in [0.1, 0.15) is 24.2 Å². The topological polar surface area (TPSA) is 49.3 Å². The quantitative estimate of drug-likeness (QED) is 0.569. The first-order valence-electron chi connectivity index (χ1n) is 4.65. The van der Waals surface area contributed by atoms with Crippen LogP contribution < -0.4 is 5.32 Å². The number of anilines is 1. The van der Waals surface area contributed by atoms with Crippen molar-refractivity contribution in [3.63, 3.8) is 0 Å². The predicted octanol–water partition coefficient (Wildman–Crippen LogP) is 2.27.